The van der Waals surface area contributed by atoms with Crippen molar-refractivity contribution in [1.82, 2.24) is 24.7 Å². The van der Waals surface area contributed by atoms with E-state index in [1.165, 1.54) is 0 Å². The maximum Gasteiger partial charge on any atom is 0.257 e. The Bertz CT molecular complexity index is 543. The van der Waals surface area contributed by atoms with E-state index in [-0.39, 0.29) is 12.6 Å². The van der Waals surface area contributed by atoms with Gasteiger partial charge in [0.15, 0.2) is 0 Å². The van der Waals surface area contributed by atoms with Crippen LogP contribution in [-0.4, -0.2) is 49.0 Å². The Morgan fingerprint density at radius 1 is 1.24 bits per heavy atom. The van der Waals surface area contributed by atoms with Crippen molar-refractivity contribution in [2.75, 3.05) is 23.8 Å². The minimum atomic E-state index is 0.123. The highest BCUT2D eigenvalue weighted by atomic mass is 16.3. The summed E-state index contributed by atoms with van der Waals surface area (Å²) in [6.07, 6.45) is 4.97. The molecule has 8 heteroatoms. The summed E-state index contributed by atoms with van der Waals surface area (Å²) < 4.78 is 1.58. The molecule has 2 aromatic rings. The Morgan fingerprint density at radius 2 is 2.05 bits per heavy atom. The molecule has 1 atom stereocenters. The predicted octanol–water partition coefficient (Wildman–Crippen LogP) is 1.06. The Hall–Kier alpha value is -2.22. The second kappa shape index (κ2) is 7.53. The maximum absolute atomic E-state index is 9.07. The zero-order valence-corrected chi connectivity index (χ0v) is 12.3. The SMILES string of the molecule is CCNc1nc(NC(CC)CCO)nc(-n2cccn2)n1. The van der Waals surface area contributed by atoms with Crippen LogP contribution in [0, 0.1) is 0 Å². The van der Waals surface area contributed by atoms with Gasteiger partial charge < -0.3 is 15.7 Å². The first-order chi connectivity index (χ1) is 10.3. The minimum absolute atomic E-state index is 0.123. The Labute approximate surface area is 123 Å². The lowest BCUT2D eigenvalue weighted by Crippen LogP contribution is -2.22. The first-order valence-corrected chi connectivity index (χ1v) is 7.14. The van der Waals surface area contributed by atoms with Gasteiger partial charge in [-0.15, -0.1) is 0 Å². The molecule has 0 aliphatic heterocycles. The first kappa shape index (κ1) is 15.2. The van der Waals surface area contributed by atoms with E-state index in [0.29, 0.717) is 24.3 Å². The average Bonchev–Trinajstić information content (AvgIpc) is 3.01. The van der Waals surface area contributed by atoms with Crippen LogP contribution in [-0.2, 0) is 0 Å². The number of rotatable bonds is 8. The summed E-state index contributed by atoms with van der Waals surface area (Å²) in [6, 6.07) is 1.93. The summed E-state index contributed by atoms with van der Waals surface area (Å²) in [7, 11) is 0. The van der Waals surface area contributed by atoms with Crippen LogP contribution in [0.5, 0.6) is 0 Å². The standard InChI is InChI=1S/C13H21N7O/c1-3-10(6-9-21)16-12-17-11(14-4-2)18-13(19-12)20-8-5-7-15-20/h5,7-8,10,21H,3-4,6,9H2,1-2H3,(H2,14,16,17,18,19). The number of nitrogens with one attached hydrogen (secondary N) is 2. The van der Waals surface area contributed by atoms with Gasteiger partial charge in [-0.2, -0.15) is 20.1 Å². The molecule has 0 fully saturated rings. The van der Waals surface area contributed by atoms with Crippen molar-refractivity contribution in [1.29, 1.82) is 0 Å². The number of aliphatic hydroxyl groups is 1. The number of aromatic nitrogens is 5. The summed E-state index contributed by atoms with van der Waals surface area (Å²) >= 11 is 0. The van der Waals surface area contributed by atoms with Crippen LogP contribution in [0.4, 0.5) is 11.9 Å². The van der Waals surface area contributed by atoms with Gasteiger partial charge in [-0.1, -0.05) is 6.92 Å². The fraction of sp³-hybridized carbons (Fsp3) is 0.538. The summed E-state index contributed by atoms with van der Waals surface area (Å²) in [5.74, 6) is 1.43. The quantitative estimate of drug-likeness (QED) is 0.668. The van der Waals surface area contributed by atoms with Crippen LogP contribution in [0.15, 0.2) is 18.5 Å². The molecule has 3 N–H and O–H groups in total. The van der Waals surface area contributed by atoms with Crippen molar-refractivity contribution in [2.45, 2.75) is 32.7 Å². The van der Waals surface area contributed by atoms with Gasteiger partial charge in [0, 0.05) is 31.6 Å². The van der Waals surface area contributed by atoms with E-state index < -0.39 is 0 Å². The molecule has 0 aliphatic carbocycles. The predicted molar refractivity (Wildman–Crippen MR) is 80.5 cm³/mol. The largest absolute Gasteiger partial charge is 0.396 e. The molecule has 0 radical (unpaired) electrons. The van der Waals surface area contributed by atoms with E-state index in [4.69, 9.17) is 5.11 Å². The minimum Gasteiger partial charge on any atom is -0.396 e. The van der Waals surface area contributed by atoms with Gasteiger partial charge in [0.1, 0.15) is 0 Å². The normalized spacial score (nSPS) is 12.1. The van der Waals surface area contributed by atoms with Gasteiger partial charge in [-0.25, -0.2) is 4.68 Å². The van der Waals surface area contributed by atoms with E-state index in [1.54, 1.807) is 17.1 Å². The fourth-order valence-electron chi connectivity index (χ4n) is 1.87. The molecule has 0 aliphatic rings. The van der Waals surface area contributed by atoms with E-state index in [1.807, 2.05) is 19.9 Å². The zero-order chi connectivity index (χ0) is 15.1. The lowest BCUT2D eigenvalue weighted by atomic mass is 10.2. The fourth-order valence-corrected chi connectivity index (χ4v) is 1.87. The molecule has 0 saturated carbocycles. The van der Waals surface area contributed by atoms with E-state index >= 15 is 0 Å². The molecule has 0 saturated heterocycles. The van der Waals surface area contributed by atoms with Crippen molar-refractivity contribution in [3.8, 4) is 5.95 Å². The highest BCUT2D eigenvalue weighted by Gasteiger charge is 2.11. The highest BCUT2D eigenvalue weighted by molar-refractivity contribution is 5.38. The van der Waals surface area contributed by atoms with Gasteiger partial charge in [0.2, 0.25) is 11.9 Å². The van der Waals surface area contributed by atoms with E-state index in [0.717, 1.165) is 13.0 Å². The summed E-state index contributed by atoms with van der Waals surface area (Å²) in [4.78, 5) is 13.0. The number of hydrogen-bond donors (Lipinski definition) is 3. The second-order valence-corrected chi connectivity index (χ2v) is 4.53. The van der Waals surface area contributed by atoms with Gasteiger partial charge in [-0.05, 0) is 25.8 Å². The van der Waals surface area contributed by atoms with Crippen LogP contribution in [0.25, 0.3) is 5.95 Å². The summed E-state index contributed by atoms with van der Waals surface area (Å²) in [5.41, 5.74) is 0. The van der Waals surface area contributed by atoms with Crippen LogP contribution >= 0.6 is 0 Å². The molecule has 8 nitrogen and oxygen atoms in total. The zero-order valence-electron chi connectivity index (χ0n) is 12.3. The molecular weight excluding hydrogens is 270 g/mol. The van der Waals surface area contributed by atoms with E-state index in [2.05, 4.69) is 30.7 Å². The van der Waals surface area contributed by atoms with Gasteiger partial charge in [-0.3, -0.25) is 0 Å². The smallest absolute Gasteiger partial charge is 0.257 e. The number of nitrogens with zero attached hydrogens (tertiary/aromatic N) is 5. The van der Waals surface area contributed by atoms with Crippen LogP contribution in [0.3, 0.4) is 0 Å². The highest BCUT2D eigenvalue weighted by Crippen LogP contribution is 2.11. The lowest BCUT2D eigenvalue weighted by molar-refractivity contribution is 0.278. The third kappa shape index (κ3) is 4.12. The van der Waals surface area contributed by atoms with Gasteiger partial charge in [0.25, 0.3) is 5.95 Å². The van der Waals surface area contributed by atoms with Crippen LogP contribution in [0.1, 0.15) is 26.7 Å². The molecule has 2 aromatic heterocycles. The molecule has 0 spiro atoms. The monoisotopic (exact) mass is 291 g/mol. The Balaban J connectivity index is 2.27. The third-order valence-electron chi connectivity index (χ3n) is 2.97. The third-order valence-corrected chi connectivity index (χ3v) is 2.97. The maximum atomic E-state index is 9.07. The van der Waals surface area contributed by atoms with Crippen molar-refractivity contribution >= 4 is 11.9 Å². The number of aliphatic hydroxyl groups excluding tert-OH is 1. The average molecular weight is 291 g/mol. The molecule has 0 bridgehead atoms. The molecule has 2 rings (SSSR count). The Kier molecular flexibility index (Phi) is 5.44. The van der Waals surface area contributed by atoms with Gasteiger partial charge >= 0.3 is 0 Å². The topological polar surface area (TPSA) is 101 Å². The molecule has 0 aromatic carbocycles. The Morgan fingerprint density at radius 3 is 2.67 bits per heavy atom. The first-order valence-electron chi connectivity index (χ1n) is 7.14. The molecular formula is C13H21N7O. The molecule has 1 unspecified atom stereocenters. The second-order valence-electron chi connectivity index (χ2n) is 4.53. The van der Waals surface area contributed by atoms with Crippen molar-refractivity contribution < 1.29 is 5.11 Å². The van der Waals surface area contributed by atoms with Crippen molar-refractivity contribution in [3.05, 3.63) is 18.5 Å². The van der Waals surface area contributed by atoms with Crippen molar-refractivity contribution in [2.24, 2.45) is 0 Å². The lowest BCUT2D eigenvalue weighted by Gasteiger charge is -2.16. The van der Waals surface area contributed by atoms with Crippen LogP contribution < -0.4 is 10.6 Å². The van der Waals surface area contributed by atoms with Crippen molar-refractivity contribution in [3.63, 3.8) is 0 Å². The number of anilines is 2. The number of hydrogen-bond acceptors (Lipinski definition) is 7. The van der Waals surface area contributed by atoms with E-state index in [9.17, 15) is 0 Å². The molecule has 0 amide bonds. The molecule has 2 heterocycles. The van der Waals surface area contributed by atoms with Gasteiger partial charge in [0.05, 0.1) is 0 Å². The molecule has 21 heavy (non-hydrogen) atoms. The summed E-state index contributed by atoms with van der Waals surface area (Å²) in [5, 5.41) is 19.5. The van der Waals surface area contributed by atoms with Crippen LogP contribution in [0.2, 0.25) is 0 Å². The summed E-state index contributed by atoms with van der Waals surface area (Å²) in [6.45, 7) is 4.87. The molecule has 114 valence electrons.